The van der Waals surface area contributed by atoms with Gasteiger partial charge in [-0.2, -0.15) is 0 Å². The van der Waals surface area contributed by atoms with Gasteiger partial charge in [0.1, 0.15) is 0 Å². The summed E-state index contributed by atoms with van der Waals surface area (Å²) >= 11 is 0. The largest absolute Gasteiger partial charge is 0.379 e. The maximum Gasteiger partial charge on any atom is 0.0775 e. The minimum Gasteiger partial charge on any atom is -0.379 e. The lowest BCUT2D eigenvalue weighted by atomic mass is 9.81. The van der Waals surface area contributed by atoms with E-state index in [-0.39, 0.29) is 11.5 Å². The summed E-state index contributed by atoms with van der Waals surface area (Å²) in [6, 6.07) is 4.90. The van der Waals surface area contributed by atoms with E-state index in [1.54, 1.807) is 0 Å². The lowest BCUT2D eigenvalue weighted by molar-refractivity contribution is -0.0107. The molecule has 0 heterocycles. The molecule has 1 aromatic carbocycles. The Labute approximate surface area is 131 Å². The summed E-state index contributed by atoms with van der Waals surface area (Å²) in [6.45, 7) is 16.5. The third-order valence-electron chi connectivity index (χ3n) is 4.20. The van der Waals surface area contributed by atoms with Gasteiger partial charge >= 0.3 is 0 Å². The second-order valence-corrected chi connectivity index (χ2v) is 7.27. The van der Waals surface area contributed by atoms with Crippen molar-refractivity contribution in [3.8, 4) is 0 Å². The number of likely N-dealkylation sites (N-methyl/N-ethyl adjacent to an activating group) is 1. The fraction of sp³-hybridized carbons (Fsp3) is 0.684. The Bertz CT molecular complexity index is 436. The Morgan fingerprint density at radius 2 is 1.62 bits per heavy atom. The number of methoxy groups -OCH3 is 1. The second kappa shape index (κ2) is 7.42. The van der Waals surface area contributed by atoms with Crippen molar-refractivity contribution in [2.24, 2.45) is 5.41 Å². The monoisotopic (exact) mass is 291 g/mol. The van der Waals surface area contributed by atoms with Crippen LogP contribution >= 0.6 is 0 Å². The molecule has 0 aliphatic rings. The van der Waals surface area contributed by atoms with E-state index in [0.29, 0.717) is 6.04 Å². The molecule has 0 aromatic heterocycles. The molecule has 0 bridgehead atoms. The van der Waals surface area contributed by atoms with Crippen LogP contribution in [0.3, 0.4) is 0 Å². The first-order valence-electron chi connectivity index (χ1n) is 8.03. The maximum atomic E-state index is 5.84. The zero-order valence-corrected chi connectivity index (χ0v) is 15.1. The van der Waals surface area contributed by atoms with Crippen molar-refractivity contribution in [2.75, 3.05) is 13.7 Å². The van der Waals surface area contributed by atoms with E-state index >= 15 is 0 Å². The van der Waals surface area contributed by atoms with E-state index in [0.717, 1.165) is 13.0 Å². The molecule has 0 fully saturated rings. The number of aryl methyl sites for hydroxylation is 3. The highest BCUT2D eigenvalue weighted by Gasteiger charge is 2.32. The smallest absolute Gasteiger partial charge is 0.0775 e. The first-order chi connectivity index (χ1) is 9.70. The van der Waals surface area contributed by atoms with Crippen LogP contribution in [0.25, 0.3) is 0 Å². The van der Waals surface area contributed by atoms with Gasteiger partial charge in [-0.15, -0.1) is 0 Å². The third kappa shape index (κ3) is 4.82. The van der Waals surface area contributed by atoms with Crippen LogP contribution in [-0.4, -0.2) is 25.8 Å². The van der Waals surface area contributed by atoms with Crippen LogP contribution in [0.15, 0.2) is 12.1 Å². The molecule has 2 heteroatoms. The molecule has 2 nitrogen and oxygen atoms in total. The molecular formula is C19H33NO. The van der Waals surface area contributed by atoms with Gasteiger partial charge < -0.3 is 10.1 Å². The van der Waals surface area contributed by atoms with Gasteiger partial charge in [0.2, 0.25) is 0 Å². The van der Waals surface area contributed by atoms with Gasteiger partial charge in [0.25, 0.3) is 0 Å². The van der Waals surface area contributed by atoms with Gasteiger partial charge in [-0.1, -0.05) is 45.4 Å². The topological polar surface area (TPSA) is 21.3 Å². The fourth-order valence-electron chi connectivity index (χ4n) is 3.42. The van der Waals surface area contributed by atoms with Crippen LogP contribution in [0.2, 0.25) is 0 Å². The van der Waals surface area contributed by atoms with Crippen molar-refractivity contribution in [3.05, 3.63) is 34.4 Å². The molecule has 0 aliphatic heterocycles. The number of nitrogens with one attached hydrogen (secondary N) is 1. The van der Waals surface area contributed by atoms with Crippen LogP contribution in [0.5, 0.6) is 0 Å². The summed E-state index contributed by atoms with van der Waals surface area (Å²) in [5, 5.41) is 3.63. The Morgan fingerprint density at radius 1 is 1.10 bits per heavy atom. The lowest BCUT2D eigenvalue weighted by Crippen LogP contribution is -2.49. The third-order valence-corrected chi connectivity index (χ3v) is 4.20. The first-order valence-corrected chi connectivity index (χ1v) is 8.03. The number of benzene rings is 1. The standard InChI is InChI=1S/C19H33NO/c1-9-20-17(18(21-8)19(5,6)7)12-16-14(3)10-13(2)11-15(16)4/h10-11,17-18,20H,9,12H2,1-8H3. The van der Waals surface area contributed by atoms with E-state index in [9.17, 15) is 0 Å². The quantitative estimate of drug-likeness (QED) is 0.848. The molecule has 120 valence electrons. The van der Waals surface area contributed by atoms with Crippen LogP contribution in [-0.2, 0) is 11.2 Å². The zero-order valence-electron chi connectivity index (χ0n) is 15.1. The fourth-order valence-corrected chi connectivity index (χ4v) is 3.42. The molecule has 1 N–H and O–H groups in total. The van der Waals surface area contributed by atoms with E-state index in [1.807, 2.05) is 7.11 Å². The number of hydrogen-bond donors (Lipinski definition) is 1. The molecule has 2 unspecified atom stereocenters. The molecule has 2 atom stereocenters. The first kappa shape index (κ1) is 18.2. The average molecular weight is 291 g/mol. The van der Waals surface area contributed by atoms with Crippen LogP contribution in [0, 0.1) is 26.2 Å². The summed E-state index contributed by atoms with van der Waals surface area (Å²) in [4.78, 5) is 0. The predicted molar refractivity (Wildman–Crippen MR) is 92.1 cm³/mol. The van der Waals surface area contributed by atoms with Gasteiger partial charge in [0.15, 0.2) is 0 Å². The van der Waals surface area contributed by atoms with Crippen molar-refractivity contribution < 1.29 is 4.74 Å². The highest BCUT2D eigenvalue weighted by Crippen LogP contribution is 2.28. The van der Waals surface area contributed by atoms with E-state index in [1.165, 1.54) is 22.3 Å². The molecule has 0 saturated heterocycles. The minimum atomic E-state index is 0.119. The number of rotatable bonds is 6. The predicted octanol–water partition coefficient (Wildman–Crippen LogP) is 4.19. The van der Waals surface area contributed by atoms with Crippen molar-refractivity contribution in [2.45, 2.75) is 67.0 Å². The van der Waals surface area contributed by atoms with Gasteiger partial charge in [-0.05, 0) is 55.8 Å². The summed E-state index contributed by atoms with van der Waals surface area (Å²) in [5.74, 6) is 0. The van der Waals surface area contributed by atoms with Crippen molar-refractivity contribution in [1.29, 1.82) is 0 Å². The van der Waals surface area contributed by atoms with Crippen molar-refractivity contribution >= 4 is 0 Å². The van der Waals surface area contributed by atoms with Crippen LogP contribution in [0.1, 0.15) is 49.9 Å². The van der Waals surface area contributed by atoms with Crippen LogP contribution < -0.4 is 5.32 Å². The molecule has 0 radical (unpaired) electrons. The summed E-state index contributed by atoms with van der Waals surface area (Å²) < 4.78 is 5.84. The zero-order chi connectivity index (χ0) is 16.2. The van der Waals surface area contributed by atoms with E-state index in [2.05, 4.69) is 65.9 Å². The highest BCUT2D eigenvalue weighted by molar-refractivity contribution is 5.38. The number of ether oxygens (including phenoxy) is 1. The molecule has 1 aromatic rings. The second-order valence-electron chi connectivity index (χ2n) is 7.27. The normalized spacial score (nSPS) is 15.0. The molecule has 21 heavy (non-hydrogen) atoms. The molecule has 0 amide bonds. The SMILES string of the molecule is CCNC(Cc1c(C)cc(C)cc1C)C(OC)C(C)(C)C. The molecular weight excluding hydrogens is 258 g/mol. The van der Waals surface area contributed by atoms with Gasteiger partial charge in [0.05, 0.1) is 6.10 Å². The number of hydrogen-bond acceptors (Lipinski definition) is 2. The Morgan fingerprint density at radius 3 is 2.00 bits per heavy atom. The minimum absolute atomic E-state index is 0.119. The summed E-state index contributed by atoms with van der Waals surface area (Å²) in [7, 11) is 1.83. The average Bonchev–Trinajstić information content (AvgIpc) is 2.32. The van der Waals surface area contributed by atoms with Crippen molar-refractivity contribution in [3.63, 3.8) is 0 Å². The molecule has 0 aliphatic carbocycles. The lowest BCUT2D eigenvalue weighted by Gasteiger charge is -2.37. The van der Waals surface area contributed by atoms with Crippen molar-refractivity contribution in [1.82, 2.24) is 5.32 Å². The molecule has 1 rings (SSSR count). The maximum absolute atomic E-state index is 5.84. The summed E-state index contributed by atoms with van der Waals surface area (Å²) in [5.41, 5.74) is 5.69. The van der Waals surface area contributed by atoms with E-state index in [4.69, 9.17) is 4.74 Å². The Balaban J connectivity index is 3.09. The molecule has 0 spiro atoms. The Kier molecular flexibility index (Phi) is 6.42. The summed E-state index contributed by atoms with van der Waals surface area (Å²) in [6.07, 6.45) is 1.21. The van der Waals surface area contributed by atoms with Gasteiger partial charge in [-0.25, -0.2) is 0 Å². The highest BCUT2D eigenvalue weighted by atomic mass is 16.5. The Hall–Kier alpha value is -0.860. The van der Waals surface area contributed by atoms with Crippen LogP contribution in [0.4, 0.5) is 0 Å². The van der Waals surface area contributed by atoms with E-state index < -0.39 is 0 Å². The van der Waals surface area contributed by atoms with Gasteiger partial charge in [-0.3, -0.25) is 0 Å². The van der Waals surface area contributed by atoms with Gasteiger partial charge in [0, 0.05) is 13.2 Å². The molecule has 0 saturated carbocycles.